The van der Waals surface area contributed by atoms with E-state index in [1.165, 1.54) is 11.8 Å². The minimum Gasteiger partial charge on any atom is -0.467 e. The maximum absolute atomic E-state index is 11.9. The zero-order valence-electron chi connectivity index (χ0n) is 15.6. The number of carbonyl (C=O) groups excluding carboxylic acids is 1. The molecule has 2 heterocycles. The predicted molar refractivity (Wildman–Crippen MR) is 105 cm³/mol. The van der Waals surface area contributed by atoms with Crippen LogP contribution in [0.15, 0.2) is 52.2 Å². The van der Waals surface area contributed by atoms with Crippen molar-refractivity contribution in [2.45, 2.75) is 38.4 Å². The fourth-order valence-electron chi connectivity index (χ4n) is 2.59. The Hall–Kier alpha value is -2.54. The van der Waals surface area contributed by atoms with Gasteiger partial charge in [0.15, 0.2) is 11.0 Å². The van der Waals surface area contributed by atoms with Crippen molar-refractivity contribution in [3.63, 3.8) is 0 Å². The minimum absolute atomic E-state index is 0.202. The van der Waals surface area contributed by atoms with Gasteiger partial charge in [-0.1, -0.05) is 48.9 Å². The lowest BCUT2D eigenvalue weighted by Crippen LogP contribution is -2.10. The summed E-state index contributed by atoms with van der Waals surface area (Å²) >= 11 is 1.33. The zero-order chi connectivity index (χ0) is 19.1. The van der Waals surface area contributed by atoms with E-state index in [-0.39, 0.29) is 11.7 Å². The molecule has 142 valence electrons. The van der Waals surface area contributed by atoms with E-state index < -0.39 is 0 Å². The van der Waals surface area contributed by atoms with Gasteiger partial charge in [-0.3, -0.25) is 9.36 Å². The van der Waals surface area contributed by atoms with Gasteiger partial charge in [0.05, 0.1) is 25.2 Å². The number of carbonyl (C=O) groups is 1. The molecule has 0 aliphatic carbocycles. The molecule has 0 unspecified atom stereocenters. The van der Waals surface area contributed by atoms with E-state index in [0.29, 0.717) is 18.3 Å². The highest BCUT2D eigenvalue weighted by Gasteiger charge is 2.17. The summed E-state index contributed by atoms with van der Waals surface area (Å²) in [6, 6.07) is 11.9. The Morgan fingerprint density at radius 1 is 1.26 bits per heavy atom. The molecule has 0 radical (unpaired) electrons. The highest BCUT2D eigenvalue weighted by molar-refractivity contribution is 7.99. The molecule has 2 aromatic heterocycles. The Bertz CT molecular complexity index is 874. The lowest BCUT2D eigenvalue weighted by Gasteiger charge is -2.09. The molecule has 0 saturated carbocycles. The van der Waals surface area contributed by atoms with Crippen LogP contribution < -0.4 is 0 Å². The molecule has 7 heteroatoms. The van der Waals surface area contributed by atoms with Crippen LogP contribution in [0.5, 0.6) is 0 Å². The minimum atomic E-state index is -0.238. The van der Waals surface area contributed by atoms with Crippen LogP contribution in [0.3, 0.4) is 0 Å². The number of furan rings is 1. The summed E-state index contributed by atoms with van der Waals surface area (Å²) in [4.78, 5) is 11.9. The van der Waals surface area contributed by atoms with Crippen molar-refractivity contribution in [2.24, 2.45) is 0 Å². The Morgan fingerprint density at radius 2 is 2.15 bits per heavy atom. The Morgan fingerprint density at radius 3 is 2.89 bits per heavy atom. The Balaban J connectivity index is 1.80. The van der Waals surface area contributed by atoms with E-state index in [0.717, 1.165) is 35.6 Å². The van der Waals surface area contributed by atoms with E-state index >= 15 is 0 Å². The van der Waals surface area contributed by atoms with Crippen LogP contribution in [0.25, 0.3) is 11.4 Å². The second-order valence-electron chi connectivity index (χ2n) is 6.20. The maximum atomic E-state index is 11.9. The van der Waals surface area contributed by atoms with Crippen LogP contribution in [0, 0.1) is 6.92 Å². The fraction of sp³-hybridized carbons (Fsp3) is 0.350. The monoisotopic (exact) mass is 385 g/mol. The van der Waals surface area contributed by atoms with Crippen LogP contribution in [0.2, 0.25) is 0 Å². The first-order valence-electron chi connectivity index (χ1n) is 8.98. The number of esters is 1. The summed E-state index contributed by atoms with van der Waals surface area (Å²) < 4.78 is 12.7. The third-order valence-corrected chi connectivity index (χ3v) is 4.91. The first kappa shape index (κ1) is 19.2. The summed E-state index contributed by atoms with van der Waals surface area (Å²) in [6.45, 7) is 5.06. The Labute approximate surface area is 162 Å². The van der Waals surface area contributed by atoms with Crippen LogP contribution in [-0.2, 0) is 16.1 Å². The largest absolute Gasteiger partial charge is 0.467 e. The molecule has 3 rings (SSSR count). The van der Waals surface area contributed by atoms with Crippen molar-refractivity contribution in [3.8, 4) is 11.4 Å². The summed E-state index contributed by atoms with van der Waals surface area (Å²) in [5, 5.41) is 9.32. The zero-order valence-corrected chi connectivity index (χ0v) is 16.4. The van der Waals surface area contributed by atoms with E-state index in [9.17, 15) is 4.79 Å². The second kappa shape index (κ2) is 9.41. The van der Waals surface area contributed by atoms with Crippen LogP contribution in [0.1, 0.15) is 31.1 Å². The number of thioether (sulfide) groups is 1. The summed E-state index contributed by atoms with van der Waals surface area (Å²) in [7, 11) is 0. The number of rotatable bonds is 9. The van der Waals surface area contributed by atoms with E-state index in [1.807, 2.05) is 41.8 Å². The molecule has 6 nitrogen and oxygen atoms in total. The first-order chi connectivity index (χ1) is 13.2. The highest BCUT2D eigenvalue weighted by atomic mass is 32.2. The van der Waals surface area contributed by atoms with Gasteiger partial charge >= 0.3 is 5.97 Å². The molecular weight excluding hydrogens is 362 g/mol. The van der Waals surface area contributed by atoms with Crippen molar-refractivity contribution in [3.05, 3.63) is 54.0 Å². The number of hydrogen-bond acceptors (Lipinski definition) is 6. The molecule has 0 saturated heterocycles. The summed E-state index contributed by atoms with van der Waals surface area (Å²) in [5.41, 5.74) is 2.13. The standard InChI is InChI=1S/C20H23N3O3S/c1-3-4-10-26-18(24)14-27-20-22-21-19(16-8-5-7-15(2)12-16)23(20)13-17-9-6-11-25-17/h5-9,11-12H,3-4,10,13-14H2,1-2H3. The topological polar surface area (TPSA) is 70.2 Å². The lowest BCUT2D eigenvalue weighted by molar-refractivity contribution is -0.140. The van der Waals surface area contributed by atoms with Crippen LogP contribution in [0.4, 0.5) is 0 Å². The second-order valence-corrected chi connectivity index (χ2v) is 7.15. The van der Waals surface area contributed by atoms with Crippen molar-refractivity contribution in [2.75, 3.05) is 12.4 Å². The van der Waals surface area contributed by atoms with Gasteiger partial charge in [0.25, 0.3) is 0 Å². The van der Waals surface area contributed by atoms with E-state index in [4.69, 9.17) is 9.15 Å². The van der Waals surface area contributed by atoms with Crippen LogP contribution in [-0.4, -0.2) is 33.1 Å². The number of hydrogen-bond donors (Lipinski definition) is 0. The highest BCUT2D eigenvalue weighted by Crippen LogP contribution is 2.26. The van der Waals surface area contributed by atoms with E-state index in [2.05, 4.69) is 23.2 Å². The van der Waals surface area contributed by atoms with Crippen molar-refractivity contribution in [1.82, 2.24) is 14.8 Å². The average Bonchev–Trinajstić information content (AvgIpc) is 3.31. The molecule has 0 N–H and O–H groups in total. The van der Waals surface area contributed by atoms with Crippen molar-refractivity contribution < 1.29 is 13.9 Å². The molecule has 0 aliphatic heterocycles. The average molecular weight is 385 g/mol. The van der Waals surface area contributed by atoms with Gasteiger partial charge in [-0.05, 0) is 31.5 Å². The van der Waals surface area contributed by atoms with Gasteiger partial charge in [0.1, 0.15) is 5.76 Å². The van der Waals surface area contributed by atoms with Crippen molar-refractivity contribution >= 4 is 17.7 Å². The van der Waals surface area contributed by atoms with E-state index in [1.54, 1.807) is 6.26 Å². The summed E-state index contributed by atoms with van der Waals surface area (Å²) in [5.74, 6) is 1.51. The number of aromatic nitrogens is 3. The molecule has 0 aliphatic rings. The summed E-state index contributed by atoms with van der Waals surface area (Å²) in [6.07, 6.45) is 3.52. The molecule has 1 aromatic carbocycles. The molecule has 0 amide bonds. The first-order valence-corrected chi connectivity index (χ1v) is 9.97. The number of benzene rings is 1. The Kier molecular flexibility index (Phi) is 6.70. The maximum Gasteiger partial charge on any atom is 0.316 e. The van der Waals surface area contributed by atoms with Crippen molar-refractivity contribution in [1.29, 1.82) is 0 Å². The third kappa shape index (κ3) is 5.23. The number of aryl methyl sites for hydroxylation is 1. The number of unbranched alkanes of at least 4 members (excludes halogenated alkanes) is 1. The van der Waals surface area contributed by atoms with Crippen LogP contribution >= 0.6 is 11.8 Å². The van der Waals surface area contributed by atoms with Gasteiger partial charge in [0.2, 0.25) is 0 Å². The normalized spacial score (nSPS) is 10.9. The lowest BCUT2D eigenvalue weighted by atomic mass is 10.1. The smallest absolute Gasteiger partial charge is 0.316 e. The molecule has 0 atom stereocenters. The molecule has 0 bridgehead atoms. The van der Waals surface area contributed by atoms with Gasteiger partial charge in [-0.25, -0.2) is 0 Å². The molecule has 27 heavy (non-hydrogen) atoms. The fourth-order valence-corrected chi connectivity index (χ4v) is 3.33. The van der Waals surface area contributed by atoms with Gasteiger partial charge < -0.3 is 9.15 Å². The number of nitrogens with zero attached hydrogens (tertiary/aromatic N) is 3. The number of ether oxygens (including phenoxy) is 1. The molecule has 3 aromatic rings. The molecule has 0 spiro atoms. The third-order valence-electron chi connectivity index (χ3n) is 3.97. The van der Waals surface area contributed by atoms with Gasteiger partial charge in [-0.2, -0.15) is 0 Å². The van der Waals surface area contributed by atoms with Gasteiger partial charge in [0, 0.05) is 5.56 Å². The van der Waals surface area contributed by atoms with Gasteiger partial charge in [-0.15, -0.1) is 10.2 Å². The predicted octanol–water partition coefficient (Wildman–Crippen LogP) is 4.33. The quantitative estimate of drug-likeness (QED) is 0.310. The molecule has 0 fully saturated rings. The SMILES string of the molecule is CCCCOC(=O)CSc1nnc(-c2cccc(C)c2)n1Cc1ccco1. The molecular formula is C20H23N3O3S.